The van der Waals surface area contributed by atoms with Crippen LogP contribution in [-0.2, 0) is 10.3 Å². The molecule has 120 valence electrons. The first-order chi connectivity index (χ1) is 11.2. The Morgan fingerprint density at radius 2 is 1.87 bits per heavy atom. The Morgan fingerprint density at radius 3 is 2.48 bits per heavy atom. The lowest BCUT2D eigenvalue weighted by molar-refractivity contribution is -0.124. The molecular formula is C17H19FN4O. The maximum absolute atomic E-state index is 13.1. The number of carbonyl (C=O) groups is 1. The molecule has 0 aliphatic heterocycles. The topological polar surface area (TPSA) is 66.9 Å². The van der Waals surface area contributed by atoms with E-state index in [2.05, 4.69) is 20.6 Å². The highest BCUT2D eigenvalue weighted by atomic mass is 19.1. The van der Waals surface area contributed by atoms with Gasteiger partial charge in [0.2, 0.25) is 11.9 Å². The molecule has 1 fully saturated rings. The minimum atomic E-state index is -0.339. The number of nitrogens with zero attached hydrogens (tertiary/aromatic N) is 2. The van der Waals surface area contributed by atoms with Gasteiger partial charge in [0.15, 0.2) is 0 Å². The molecule has 2 N–H and O–H groups in total. The molecule has 0 bridgehead atoms. The average Bonchev–Trinajstić information content (AvgIpc) is 2.53. The van der Waals surface area contributed by atoms with Gasteiger partial charge in [0.05, 0.1) is 5.54 Å². The number of carbonyl (C=O) groups excluding carboxylic acids is 1. The van der Waals surface area contributed by atoms with E-state index in [9.17, 15) is 9.18 Å². The molecule has 1 aliphatic rings. The summed E-state index contributed by atoms with van der Waals surface area (Å²) >= 11 is 0. The normalized spacial score (nSPS) is 15.5. The monoisotopic (exact) mass is 314 g/mol. The largest absolute Gasteiger partial charge is 0.354 e. The van der Waals surface area contributed by atoms with Gasteiger partial charge in [-0.05, 0) is 43.0 Å². The van der Waals surface area contributed by atoms with Gasteiger partial charge in [-0.1, -0.05) is 12.1 Å². The van der Waals surface area contributed by atoms with Gasteiger partial charge in [0.25, 0.3) is 0 Å². The first-order valence-electron chi connectivity index (χ1n) is 7.76. The van der Waals surface area contributed by atoms with Crippen LogP contribution in [0, 0.1) is 5.82 Å². The van der Waals surface area contributed by atoms with E-state index in [0.29, 0.717) is 18.9 Å². The molecule has 0 saturated heterocycles. The van der Waals surface area contributed by atoms with E-state index >= 15 is 0 Å². The number of nitrogens with one attached hydrogen (secondary N) is 2. The lowest BCUT2D eigenvalue weighted by Gasteiger charge is -2.43. The average molecular weight is 314 g/mol. The van der Waals surface area contributed by atoms with Crippen molar-refractivity contribution >= 4 is 11.9 Å². The molecule has 6 heteroatoms. The molecule has 1 aromatic heterocycles. The Balaban J connectivity index is 1.54. The number of hydrogen-bond acceptors (Lipinski definition) is 4. The van der Waals surface area contributed by atoms with E-state index in [1.807, 2.05) is 0 Å². The van der Waals surface area contributed by atoms with Crippen LogP contribution in [-0.4, -0.2) is 22.4 Å². The lowest BCUT2D eigenvalue weighted by atomic mass is 9.71. The van der Waals surface area contributed by atoms with Crippen LogP contribution in [0.5, 0.6) is 0 Å². The summed E-state index contributed by atoms with van der Waals surface area (Å²) in [6, 6.07) is 8.13. The van der Waals surface area contributed by atoms with E-state index in [1.54, 1.807) is 30.6 Å². The fraction of sp³-hybridized carbons (Fsp3) is 0.353. The maximum atomic E-state index is 13.1. The van der Waals surface area contributed by atoms with Crippen LogP contribution in [0.3, 0.4) is 0 Å². The van der Waals surface area contributed by atoms with Crippen LogP contribution >= 0.6 is 0 Å². The molecule has 23 heavy (non-hydrogen) atoms. The number of benzene rings is 1. The Morgan fingerprint density at radius 1 is 1.17 bits per heavy atom. The molecule has 1 aromatic carbocycles. The van der Waals surface area contributed by atoms with Crippen LogP contribution in [0.25, 0.3) is 0 Å². The van der Waals surface area contributed by atoms with Gasteiger partial charge >= 0.3 is 0 Å². The van der Waals surface area contributed by atoms with Crippen molar-refractivity contribution in [3.05, 3.63) is 54.1 Å². The quantitative estimate of drug-likeness (QED) is 0.860. The fourth-order valence-corrected chi connectivity index (χ4v) is 2.79. The van der Waals surface area contributed by atoms with Gasteiger partial charge in [0.1, 0.15) is 5.82 Å². The molecule has 1 heterocycles. The van der Waals surface area contributed by atoms with E-state index in [0.717, 1.165) is 24.8 Å². The van der Waals surface area contributed by atoms with E-state index in [4.69, 9.17) is 0 Å². The molecule has 0 unspecified atom stereocenters. The van der Waals surface area contributed by atoms with Crippen LogP contribution in [0.1, 0.15) is 31.2 Å². The first-order valence-corrected chi connectivity index (χ1v) is 7.76. The van der Waals surface area contributed by atoms with Gasteiger partial charge < -0.3 is 10.6 Å². The Labute approximate surface area is 134 Å². The minimum Gasteiger partial charge on any atom is -0.354 e. The maximum Gasteiger partial charge on any atom is 0.222 e. The van der Waals surface area contributed by atoms with Crippen LogP contribution in [0.15, 0.2) is 42.7 Å². The van der Waals surface area contributed by atoms with Gasteiger partial charge in [0, 0.05) is 25.4 Å². The zero-order chi connectivity index (χ0) is 16.1. The molecule has 5 nitrogen and oxygen atoms in total. The van der Waals surface area contributed by atoms with E-state index in [-0.39, 0.29) is 17.3 Å². The summed E-state index contributed by atoms with van der Waals surface area (Å²) < 4.78 is 13.1. The molecule has 1 amide bonds. The Hall–Kier alpha value is -2.50. The SMILES string of the molecule is O=C(CCNc1ncccn1)NC1(c2ccc(F)cc2)CCC1. The summed E-state index contributed by atoms with van der Waals surface area (Å²) in [7, 11) is 0. The number of halogens is 1. The van der Waals surface area contributed by atoms with Crippen molar-refractivity contribution in [3.8, 4) is 0 Å². The van der Waals surface area contributed by atoms with Crippen molar-refractivity contribution in [2.45, 2.75) is 31.2 Å². The second kappa shape index (κ2) is 6.73. The van der Waals surface area contributed by atoms with Gasteiger partial charge in [-0.25, -0.2) is 14.4 Å². The van der Waals surface area contributed by atoms with Crippen LogP contribution in [0.4, 0.5) is 10.3 Å². The number of aromatic nitrogens is 2. The highest BCUT2D eigenvalue weighted by Crippen LogP contribution is 2.41. The zero-order valence-corrected chi connectivity index (χ0v) is 12.8. The molecule has 2 aromatic rings. The summed E-state index contributed by atoms with van der Waals surface area (Å²) in [6.45, 7) is 0.468. The lowest BCUT2D eigenvalue weighted by Crippen LogP contribution is -2.51. The fourth-order valence-electron chi connectivity index (χ4n) is 2.79. The number of rotatable bonds is 6. The second-order valence-electron chi connectivity index (χ2n) is 5.74. The summed E-state index contributed by atoms with van der Waals surface area (Å²) in [6.07, 6.45) is 6.47. The zero-order valence-electron chi connectivity index (χ0n) is 12.8. The molecule has 1 saturated carbocycles. The summed E-state index contributed by atoms with van der Waals surface area (Å²) in [5, 5.41) is 6.12. The van der Waals surface area contributed by atoms with Crippen molar-refractivity contribution in [2.75, 3.05) is 11.9 Å². The van der Waals surface area contributed by atoms with Gasteiger partial charge in [-0.15, -0.1) is 0 Å². The third-order valence-corrected chi connectivity index (χ3v) is 4.18. The van der Waals surface area contributed by atoms with E-state index < -0.39 is 0 Å². The van der Waals surface area contributed by atoms with Crippen molar-refractivity contribution in [1.82, 2.24) is 15.3 Å². The van der Waals surface area contributed by atoms with Crippen molar-refractivity contribution < 1.29 is 9.18 Å². The minimum absolute atomic E-state index is 0.0301. The van der Waals surface area contributed by atoms with Crippen LogP contribution < -0.4 is 10.6 Å². The predicted molar refractivity (Wildman–Crippen MR) is 85.2 cm³/mol. The smallest absolute Gasteiger partial charge is 0.222 e. The Bertz CT molecular complexity index is 656. The molecule has 0 atom stereocenters. The van der Waals surface area contributed by atoms with Gasteiger partial charge in [-0.3, -0.25) is 4.79 Å². The highest BCUT2D eigenvalue weighted by Gasteiger charge is 2.39. The Kier molecular flexibility index (Phi) is 4.50. The number of hydrogen-bond donors (Lipinski definition) is 2. The third-order valence-electron chi connectivity index (χ3n) is 4.18. The van der Waals surface area contributed by atoms with Gasteiger partial charge in [-0.2, -0.15) is 0 Å². The molecular weight excluding hydrogens is 295 g/mol. The standard InChI is InChI=1S/C17H19FN4O/c18-14-5-3-13(4-6-14)17(8-1-9-17)22-15(23)7-12-21-16-19-10-2-11-20-16/h2-6,10-11H,1,7-9,12H2,(H,22,23)(H,19,20,21). The van der Waals surface area contributed by atoms with E-state index in [1.165, 1.54) is 12.1 Å². The molecule has 1 aliphatic carbocycles. The molecule has 3 rings (SSSR count). The van der Waals surface area contributed by atoms with Crippen molar-refractivity contribution in [1.29, 1.82) is 0 Å². The van der Waals surface area contributed by atoms with Crippen LogP contribution in [0.2, 0.25) is 0 Å². The number of anilines is 1. The third kappa shape index (κ3) is 3.64. The summed E-state index contributed by atoms with van der Waals surface area (Å²) in [5.41, 5.74) is 0.631. The second-order valence-corrected chi connectivity index (χ2v) is 5.74. The molecule has 0 radical (unpaired) electrons. The summed E-state index contributed by atoms with van der Waals surface area (Å²) in [4.78, 5) is 20.3. The number of amides is 1. The first kappa shape index (κ1) is 15.4. The molecule has 0 spiro atoms. The van der Waals surface area contributed by atoms with Crippen molar-refractivity contribution in [3.63, 3.8) is 0 Å². The predicted octanol–water partition coefficient (Wildman–Crippen LogP) is 2.61. The summed E-state index contributed by atoms with van der Waals surface area (Å²) in [5.74, 6) is 0.219. The van der Waals surface area contributed by atoms with Crippen molar-refractivity contribution in [2.24, 2.45) is 0 Å². The highest BCUT2D eigenvalue weighted by molar-refractivity contribution is 5.77.